The third-order valence-electron chi connectivity index (χ3n) is 3.23. The van der Waals surface area contributed by atoms with Gasteiger partial charge in [0.25, 0.3) is 0 Å². The van der Waals surface area contributed by atoms with Crippen molar-refractivity contribution in [2.45, 2.75) is 26.7 Å². The molecule has 0 aliphatic carbocycles. The normalized spacial score (nSPS) is 11.0. The molecule has 0 bridgehead atoms. The van der Waals surface area contributed by atoms with Crippen LogP contribution < -0.4 is 10.6 Å². The summed E-state index contributed by atoms with van der Waals surface area (Å²) in [5.74, 6) is 0.853. The minimum atomic E-state index is 0. The van der Waals surface area contributed by atoms with E-state index in [1.54, 1.807) is 14.2 Å². The summed E-state index contributed by atoms with van der Waals surface area (Å²) in [6, 6.07) is 6.61. The predicted molar refractivity (Wildman–Crippen MR) is 101 cm³/mol. The van der Waals surface area contributed by atoms with Crippen molar-refractivity contribution >= 4 is 29.9 Å². The fraction of sp³-hybridized carbons (Fsp3) is 0.562. The molecule has 0 radical (unpaired) electrons. The topological polar surface area (TPSA) is 45.7 Å². The molecule has 4 nitrogen and oxygen atoms in total. The van der Waals surface area contributed by atoms with Gasteiger partial charge in [-0.05, 0) is 37.8 Å². The van der Waals surface area contributed by atoms with Crippen LogP contribution in [0.2, 0.25) is 0 Å². The second-order valence-electron chi connectivity index (χ2n) is 4.95. The lowest BCUT2D eigenvalue weighted by Gasteiger charge is -2.12. The molecule has 0 saturated heterocycles. The Morgan fingerprint density at radius 1 is 1.19 bits per heavy atom. The first kappa shape index (κ1) is 20.2. The average molecular weight is 405 g/mol. The highest BCUT2D eigenvalue weighted by atomic mass is 127. The summed E-state index contributed by atoms with van der Waals surface area (Å²) in [4.78, 5) is 4.21. The maximum absolute atomic E-state index is 5.02. The Morgan fingerprint density at radius 2 is 1.90 bits per heavy atom. The molecule has 21 heavy (non-hydrogen) atoms. The van der Waals surface area contributed by atoms with Crippen molar-refractivity contribution in [3.8, 4) is 0 Å². The molecule has 0 atom stereocenters. The molecular formula is C16H28IN3O. The van der Waals surface area contributed by atoms with Gasteiger partial charge in [0, 0.05) is 33.9 Å². The minimum Gasteiger partial charge on any atom is -0.385 e. The number of halogens is 1. The van der Waals surface area contributed by atoms with Gasteiger partial charge < -0.3 is 15.4 Å². The predicted octanol–water partition coefficient (Wildman–Crippen LogP) is 2.67. The first-order valence-electron chi connectivity index (χ1n) is 7.17. The molecule has 0 aliphatic rings. The number of benzene rings is 1. The number of nitrogens with one attached hydrogen (secondary N) is 2. The molecule has 0 aromatic heterocycles. The van der Waals surface area contributed by atoms with E-state index in [2.05, 4.69) is 47.7 Å². The van der Waals surface area contributed by atoms with Crippen molar-refractivity contribution in [2.75, 3.05) is 33.9 Å². The third kappa shape index (κ3) is 8.26. The van der Waals surface area contributed by atoms with Crippen LogP contribution in [0.1, 0.15) is 23.1 Å². The van der Waals surface area contributed by atoms with Gasteiger partial charge in [0.2, 0.25) is 0 Å². The number of aryl methyl sites for hydroxylation is 2. The third-order valence-corrected chi connectivity index (χ3v) is 3.23. The van der Waals surface area contributed by atoms with Gasteiger partial charge in [-0.25, -0.2) is 0 Å². The van der Waals surface area contributed by atoms with E-state index in [0.29, 0.717) is 0 Å². The lowest BCUT2D eigenvalue weighted by Crippen LogP contribution is -2.39. The molecule has 0 fully saturated rings. The molecule has 120 valence electrons. The van der Waals surface area contributed by atoms with Crippen LogP contribution in [0.4, 0.5) is 0 Å². The first-order valence-corrected chi connectivity index (χ1v) is 7.17. The summed E-state index contributed by atoms with van der Waals surface area (Å²) in [5, 5.41) is 6.61. The monoisotopic (exact) mass is 405 g/mol. The number of hydrogen-bond donors (Lipinski definition) is 2. The quantitative estimate of drug-likeness (QED) is 0.317. The minimum absolute atomic E-state index is 0. The van der Waals surface area contributed by atoms with Gasteiger partial charge in [-0.1, -0.05) is 23.8 Å². The lowest BCUT2D eigenvalue weighted by molar-refractivity contribution is 0.195. The zero-order valence-corrected chi connectivity index (χ0v) is 15.9. The summed E-state index contributed by atoms with van der Waals surface area (Å²) >= 11 is 0. The Hall–Kier alpha value is -0.820. The maximum Gasteiger partial charge on any atom is 0.190 e. The van der Waals surface area contributed by atoms with Gasteiger partial charge in [-0.15, -0.1) is 24.0 Å². The van der Waals surface area contributed by atoms with Crippen LogP contribution in [0.25, 0.3) is 0 Å². The summed E-state index contributed by atoms with van der Waals surface area (Å²) in [7, 11) is 3.51. The largest absolute Gasteiger partial charge is 0.385 e. The molecule has 0 aliphatic heterocycles. The second-order valence-corrected chi connectivity index (χ2v) is 4.95. The van der Waals surface area contributed by atoms with E-state index in [9.17, 15) is 0 Å². The van der Waals surface area contributed by atoms with Crippen molar-refractivity contribution in [1.82, 2.24) is 10.6 Å². The summed E-state index contributed by atoms with van der Waals surface area (Å²) in [6.45, 7) is 6.82. The average Bonchev–Trinajstić information content (AvgIpc) is 2.43. The SMILES string of the molecule is CN=C(NCCCOC)NCCc1ccc(C)cc1C.I. The van der Waals surface area contributed by atoms with Crippen molar-refractivity contribution in [2.24, 2.45) is 4.99 Å². The highest BCUT2D eigenvalue weighted by Crippen LogP contribution is 2.10. The molecular weight excluding hydrogens is 377 g/mol. The second kappa shape index (κ2) is 11.8. The highest BCUT2D eigenvalue weighted by Gasteiger charge is 2.00. The van der Waals surface area contributed by atoms with Crippen LogP contribution in [0.15, 0.2) is 23.2 Å². The van der Waals surface area contributed by atoms with Gasteiger partial charge in [0.05, 0.1) is 0 Å². The van der Waals surface area contributed by atoms with Crippen molar-refractivity contribution in [1.29, 1.82) is 0 Å². The molecule has 5 heteroatoms. The van der Waals surface area contributed by atoms with Crippen LogP contribution in [-0.4, -0.2) is 39.8 Å². The zero-order chi connectivity index (χ0) is 14.8. The Bertz CT molecular complexity index is 436. The van der Waals surface area contributed by atoms with Crippen molar-refractivity contribution in [3.63, 3.8) is 0 Å². The van der Waals surface area contributed by atoms with E-state index in [-0.39, 0.29) is 24.0 Å². The Kier molecular flexibility index (Phi) is 11.3. The Balaban J connectivity index is 0.00000400. The van der Waals surface area contributed by atoms with Crippen molar-refractivity contribution < 1.29 is 4.74 Å². The molecule has 1 rings (SSSR count). The van der Waals surface area contributed by atoms with E-state index < -0.39 is 0 Å². The molecule has 1 aromatic rings. The van der Waals surface area contributed by atoms with E-state index >= 15 is 0 Å². The fourth-order valence-electron chi connectivity index (χ4n) is 2.09. The number of guanidine groups is 1. The standard InChI is InChI=1S/C16H27N3O.HI/c1-13-6-7-15(14(2)12-13)8-10-19-16(17-3)18-9-5-11-20-4;/h6-7,12H,5,8-11H2,1-4H3,(H2,17,18,19);1H. The molecule has 0 heterocycles. The van der Waals surface area contributed by atoms with Crippen LogP contribution >= 0.6 is 24.0 Å². The van der Waals surface area contributed by atoms with Gasteiger partial charge in [0.15, 0.2) is 5.96 Å². The number of nitrogens with zero attached hydrogens (tertiary/aromatic N) is 1. The number of methoxy groups -OCH3 is 1. The summed E-state index contributed by atoms with van der Waals surface area (Å²) in [5.41, 5.74) is 4.06. The Labute approximate surface area is 145 Å². The molecule has 1 aromatic carbocycles. The smallest absolute Gasteiger partial charge is 0.190 e. The molecule has 0 amide bonds. The van der Waals surface area contributed by atoms with Crippen LogP contribution in [-0.2, 0) is 11.2 Å². The fourth-order valence-corrected chi connectivity index (χ4v) is 2.09. The molecule has 0 saturated carbocycles. The summed E-state index contributed by atoms with van der Waals surface area (Å²) in [6.07, 6.45) is 1.99. The van der Waals surface area contributed by atoms with E-state index in [1.165, 1.54) is 16.7 Å². The Morgan fingerprint density at radius 3 is 2.52 bits per heavy atom. The van der Waals surface area contributed by atoms with E-state index in [4.69, 9.17) is 4.74 Å². The number of ether oxygens (including phenoxy) is 1. The van der Waals surface area contributed by atoms with Crippen LogP contribution in [0.3, 0.4) is 0 Å². The van der Waals surface area contributed by atoms with Gasteiger partial charge in [-0.3, -0.25) is 4.99 Å². The molecule has 0 spiro atoms. The van der Waals surface area contributed by atoms with E-state index in [1.807, 2.05) is 0 Å². The van der Waals surface area contributed by atoms with Crippen LogP contribution in [0.5, 0.6) is 0 Å². The highest BCUT2D eigenvalue weighted by molar-refractivity contribution is 14.0. The maximum atomic E-state index is 5.02. The van der Waals surface area contributed by atoms with Crippen molar-refractivity contribution in [3.05, 3.63) is 34.9 Å². The lowest BCUT2D eigenvalue weighted by atomic mass is 10.0. The number of hydrogen-bond acceptors (Lipinski definition) is 2. The van der Waals surface area contributed by atoms with Gasteiger partial charge in [0.1, 0.15) is 0 Å². The first-order chi connectivity index (χ1) is 9.67. The van der Waals surface area contributed by atoms with Gasteiger partial charge in [-0.2, -0.15) is 0 Å². The zero-order valence-electron chi connectivity index (χ0n) is 13.5. The molecule has 2 N–H and O–H groups in total. The number of rotatable bonds is 7. The molecule has 0 unspecified atom stereocenters. The van der Waals surface area contributed by atoms with E-state index in [0.717, 1.165) is 38.5 Å². The summed E-state index contributed by atoms with van der Waals surface area (Å²) < 4.78 is 5.02. The van der Waals surface area contributed by atoms with Gasteiger partial charge >= 0.3 is 0 Å². The number of aliphatic imine (C=N–C) groups is 1. The van der Waals surface area contributed by atoms with Crippen LogP contribution in [0, 0.1) is 13.8 Å².